The Morgan fingerprint density at radius 2 is 0.858 bits per heavy atom. The van der Waals surface area contributed by atoms with E-state index in [1.54, 1.807) is 92.8 Å². The normalized spacial score (nSPS) is 11.3. The van der Waals surface area contributed by atoms with Crippen LogP contribution in [0.2, 0.25) is 0 Å². The summed E-state index contributed by atoms with van der Waals surface area (Å²) in [5, 5.41) is 29.8. The molecule has 596 valence electrons. The topological polar surface area (TPSA) is 355 Å². The first-order valence-electron chi connectivity index (χ1n) is 35.5. The van der Waals surface area contributed by atoms with E-state index in [4.69, 9.17) is 80.6 Å². The molecule has 2 N–H and O–H groups in total. The van der Waals surface area contributed by atoms with Crippen LogP contribution in [-0.2, 0) is 67.4 Å². The second-order valence-electron chi connectivity index (χ2n) is 25.2. The lowest BCUT2D eigenvalue weighted by atomic mass is 10.0. The van der Waals surface area contributed by atoms with Crippen molar-refractivity contribution >= 4 is 105 Å². The molecular weight excluding hydrogens is 1500 g/mol. The third-order valence-electron chi connectivity index (χ3n) is 18.0. The highest BCUT2D eigenvalue weighted by atomic mass is 32.1. The summed E-state index contributed by atoms with van der Waals surface area (Å²) < 4.78 is 67.5. The fourth-order valence-electron chi connectivity index (χ4n) is 12.4. The van der Waals surface area contributed by atoms with Gasteiger partial charge < -0.3 is 66.0 Å². The number of hydrogen-bond acceptors (Lipinski definition) is 28. The Bertz CT molecular complexity index is 5140. The SMILES string of the molecule is C.CCN(CC)c1ccc2c(COC(=O)Cc3ncc(Cc4cc(OC)c(OC)c(OC)c4)c(NC(=O)OCc4cc(=S)oc5cc(N(CC)CC)ccc45)n3)cc(=S)oc2c1.COc1cc(Cc2cnc(CC(=O)OCC(C)c3ccccc3[N+](=O)[O-])nc2NC(=O)OCC(C)c2ccccc2[N+](=O)[O-])cc(OC)c1OC. The molecule has 0 aliphatic rings. The molecule has 10 rings (SSSR count). The molecule has 4 heterocycles. The van der Waals surface area contributed by atoms with Gasteiger partial charge in [-0.05, 0) is 124 Å². The fraction of sp³-hybridized carbons (Fsp3) is 0.333. The number of benzene rings is 6. The van der Waals surface area contributed by atoms with E-state index in [0.29, 0.717) is 84.6 Å². The lowest BCUT2D eigenvalue weighted by Gasteiger charge is -2.21. The summed E-state index contributed by atoms with van der Waals surface area (Å²) >= 11 is 10.8. The Morgan fingerprint density at radius 3 is 1.24 bits per heavy atom. The van der Waals surface area contributed by atoms with E-state index in [2.05, 4.69) is 68.1 Å². The molecule has 0 saturated carbocycles. The van der Waals surface area contributed by atoms with Crippen LogP contribution in [0.15, 0.2) is 143 Å². The van der Waals surface area contributed by atoms with Crippen LogP contribution >= 0.6 is 24.4 Å². The quantitative estimate of drug-likeness (QED) is 0.0124. The zero-order valence-corrected chi connectivity index (χ0v) is 65.5. The van der Waals surface area contributed by atoms with E-state index in [1.807, 2.05) is 36.4 Å². The van der Waals surface area contributed by atoms with Gasteiger partial charge in [0.25, 0.3) is 11.4 Å². The van der Waals surface area contributed by atoms with E-state index < -0.39 is 45.8 Å². The van der Waals surface area contributed by atoms with Crippen LogP contribution in [0.25, 0.3) is 21.9 Å². The first-order valence-corrected chi connectivity index (χ1v) is 36.3. The summed E-state index contributed by atoms with van der Waals surface area (Å²) in [5.41, 5.74) is 7.59. The van der Waals surface area contributed by atoms with Crippen molar-refractivity contribution in [1.82, 2.24) is 19.9 Å². The molecule has 32 heteroatoms. The van der Waals surface area contributed by atoms with Crippen molar-refractivity contribution in [3.8, 4) is 34.5 Å². The Hall–Kier alpha value is -12.6. The number of amides is 2. The van der Waals surface area contributed by atoms with E-state index in [0.717, 1.165) is 53.9 Å². The maximum Gasteiger partial charge on any atom is 0.413 e. The van der Waals surface area contributed by atoms with Crippen LogP contribution in [0.5, 0.6) is 34.5 Å². The van der Waals surface area contributed by atoms with Gasteiger partial charge in [0.05, 0.1) is 59.1 Å². The molecule has 2 atom stereocenters. The molecule has 0 bridgehead atoms. The number of nitro groups is 2. The van der Waals surface area contributed by atoms with Gasteiger partial charge in [0, 0.05) is 143 Å². The number of rotatable bonds is 34. The summed E-state index contributed by atoms with van der Waals surface area (Å²) in [6, 6.07) is 34.5. The number of ether oxygens (including phenoxy) is 10. The number of hydrogen-bond donors (Lipinski definition) is 2. The highest BCUT2D eigenvalue weighted by Crippen LogP contribution is 2.41. The molecule has 0 saturated heterocycles. The van der Waals surface area contributed by atoms with Crippen molar-refractivity contribution in [3.63, 3.8) is 0 Å². The second kappa shape index (κ2) is 40.9. The van der Waals surface area contributed by atoms with Crippen molar-refractivity contribution in [2.75, 3.05) is 102 Å². The molecule has 4 aromatic heterocycles. The molecule has 0 spiro atoms. The van der Waals surface area contributed by atoms with Crippen molar-refractivity contribution in [3.05, 3.63) is 220 Å². The Balaban J connectivity index is 0.000000285. The second-order valence-corrected chi connectivity index (χ2v) is 26.0. The van der Waals surface area contributed by atoms with Crippen LogP contribution in [0.1, 0.15) is 117 Å². The largest absolute Gasteiger partial charge is 0.493 e. The first-order chi connectivity index (χ1) is 53.9. The van der Waals surface area contributed by atoms with Crippen molar-refractivity contribution in [1.29, 1.82) is 0 Å². The van der Waals surface area contributed by atoms with E-state index in [1.165, 1.54) is 61.0 Å². The number of para-hydroxylation sites is 2. The summed E-state index contributed by atoms with van der Waals surface area (Å²) in [6.45, 7) is 14.6. The van der Waals surface area contributed by atoms with Crippen LogP contribution < -0.4 is 48.9 Å². The average molecular weight is 1590 g/mol. The summed E-state index contributed by atoms with van der Waals surface area (Å²) in [4.78, 5) is 96.8. The summed E-state index contributed by atoms with van der Waals surface area (Å²) in [5.74, 6) is 0.582. The maximum absolute atomic E-state index is 13.5. The van der Waals surface area contributed by atoms with E-state index in [9.17, 15) is 39.4 Å². The predicted octanol–water partition coefficient (Wildman–Crippen LogP) is 16.6. The molecule has 2 amide bonds. The minimum atomic E-state index is -0.892. The van der Waals surface area contributed by atoms with Crippen molar-refractivity contribution in [2.24, 2.45) is 0 Å². The van der Waals surface area contributed by atoms with Gasteiger partial charge in [-0.15, -0.1) is 0 Å². The maximum atomic E-state index is 13.5. The van der Waals surface area contributed by atoms with Gasteiger partial charge in [-0.3, -0.25) is 40.5 Å². The number of aromatic nitrogens is 4. The zero-order valence-electron chi connectivity index (χ0n) is 63.9. The summed E-state index contributed by atoms with van der Waals surface area (Å²) in [7, 11) is 9.02. The first kappa shape index (κ1) is 86.0. The Labute approximate surface area is 662 Å². The van der Waals surface area contributed by atoms with E-state index in [-0.39, 0.29) is 104 Å². The van der Waals surface area contributed by atoms with Gasteiger partial charge in [0.2, 0.25) is 11.5 Å². The predicted molar refractivity (Wildman–Crippen MR) is 430 cm³/mol. The van der Waals surface area contributed by atoms with Crippen LogP contribution in [-0.4, -0.2) is 136 Å². The zero-order chi connectivity index (χ0) is 80.7. The molecule has 113 heavy (non-hydrogen) atoms. The number of carbonyl (C=O) groups is 4. The minimum Gasteiger partial charge on any atom is -0.493 e. The van der Waals surface area contributed by atoms with Crippen molar-refractivity contribution < 1.29 is 85.2 Å². The monoisotopic (exact) mass is 1590 g/mol. The molecule has 0 fully saturated rings. The average Bonchev–Trinajstić information content (AvgIpc) is 0.797. The standard InChI is InChI=1S/C45H49N5O9S2.C35H37N5O11.CH4/c1-8-49(9-2)31-12-14-33-29(19-41(60)58-35(33)21-31)25-56-40(51)23-39-46-24-28(16-27-17-37(53-5)43(55-7)38(18-27)54-6)44(47-39)48-45(52)57-26-30-20-42(61)59-36-22-32(13-15-34(30)36)50(10-3)11-4;1-21(25-10-6-8-12-27(25)39(43)44)19-50-32(41)17-31-36-18-24(14-23-15-29(47-3)33(49-5)30(16-23)48-4)34(37-31)38-35(42)51-20-22(2)26-11-7-9-13-28(26)40(45)46;/h12-15,17-22,24H,8-11,16,23,25-26H2,1-7H3,(H,46,47,48,52);6-13,15-16,18,21-22H,14,17,19-20H2,1-5H3,(H,36,37,38,42);1H4. The number of methoxy groups -OCH3 is 6. The lowest BCUT2D eigenvalue weighted by molar-refractivity contribution is -0.385. The Morgan fingerprint density at radius 1 is 0.487 bits per heavy atom. The third kappa shape index (κ3) is 22.4. The molecule has 0 aliphatic heterocycles. The van der Waals surface area contributed by atoms with Crippen LogP contribution in [0, 0.1) is 29.6 Å². The highest BCUT2D eigenvalue weighted by Gasteiger charge is 2.26. The number of anilines is 4. The molecule has 30 nitrogen and oxygen atoms in total. The number of fused-ring (bicyclic) bond motifs is 2. The van der Waals surface area contributed by atoms with Gasteiger partial charge >= 0.3 is 24.1 Å². The lowest BCUT2D eigenvalue weighted by Crippen LogP contribution is -2.21. The highest BCUT2D eigenvalue weighted by molar-refractivity contribution is 7.71. The molecule has 0 radical (unpaired) electrons. The third-order valence-corrected chi connectivity index (χ3v) is 18.4. The van der Waals surface area contributed by atoms with Gasteiger partial charge in [0.1, 0.15) is 67.1 Å². The number of nitrogens with one attached hydrogen (secondary N) is 2. The van der Waals surface area contributed by atoms with Gasteiger partial charge in [-0.1, -0.05) is 57.7 Å². The Kier molecular flexibility index (Phi) is 31.1. The van der Waals surface area contributed by atoms with Crippen LogP contribution in [0.4, 0.5) is 44.0 Å². The van der Waals surface area contributed by atoms with Crippen molar-refractivity contribution in [2.45, 2.75) is 99.7 Å². The smallest absolute Gasteiger partial charge is 0.413 e. The molecule has 2 unspecified atom stereocenters. The molecular formula is C81H90N10O20S2. The summed E-state index contributed by atoms with van der Waals surface area (Å²) in [6.07, 6.45) is 1.07. The van der Waals surface area contributed by atoms with E-state index >= 15 is 0 Å². The number of esters is 2. The minimum absolute atomic E-state index is 0. The molecule has 10 aromatic rings. The van der Waals surface area contributed by atoms with Crippen LogP contribution in [0.3, 0.4) is 0 Å². The number of nitrogens with zero attached hydrogens (tertiary/aromatic N) is 8. The number of carbonyl (C=O) groups excluding carboxylic acids is 4. The number of nitro benzene ring substituents is 2. The fourth-order valence-corrected chi connectivity index (χ4v) is 12.8. The van der Waals surface area contributed by atoms with Gasteiger partial charge in [-0.2, -0.15) is 0 Å². The molecule has 0 aliphatic carbocycles. The van der Waals surface area contributed by atoms with Gasteiger partial charge in [-0.25, -0.2) is 29.5 Å². The van der Waals surface area contributed by atoms with Gasteiger partial charge in [0.15, 0.2) is 32.4 Å². The molecule has 6 aromatic carbocycles.